The minimum Gasteiger partial charge on any atom is -0.490 e. The van der Waals surface area contributed by atoms with Crippen molar-refractivity contribution in [3.63, 3.8) is 0 Å². The number of nitrogens with two attached hydrogens (primary N) is 1. The van der Waals surface area contributed by atoms with Gasteiger partial charge >= 0.3 is 0 Å². The first kappa shape index (κ1) is 18.9. The summed E-state index contributed by atoms with van der Waals surface area (Å²) in [4.78, 5) is 22.6. The van der Waals surface area contributed by atoms with E-state index in [0.717, 1.165) is 0 Å². The fraction of sp³-hybridized carbons (Fsp3) is 0.500. The van der Waals surface area contributed by atoms with E-state index in [1.54, 1.807) is 24.3 Å². The number of hydrogen-bond acceptors (Lipinski definition) is 5. The Balaban J connectivity index is 2.24. The molecule has 1 atom stereocenters. The first-order valence-corrected chi connectivity index (χ1v) is 7.60. The van der Waals surface area contributed by atoms with Gasteiger partial charge in [-0.1, -0.05) is 26.0 Å². The van der Waals surface area contributed by atoms with Gasteiger partial charge in [0.15, 0.2) is 0 Å². The molecule has 1 aromatic rings. The van der Waals surface area contributed by atoms with Crippen molar-refractivity contribution in [1.82, 2.24) is 10.6 Å². The van der Waals surface area contributed by atoms with Crippen LogP contribution in [-0.2, 0) is 4.79 Å². The third-order valence-electron chi connectivity index (χ3n) is 3.09. The second kappa shape index (κ2) is 9.81. The number of ether oxygens (including phenoxy) is 1. The second-order valence-corrected chi connectivity index (χ2v) is 5.48. The third kappa shape index (κ3) is 7.12. The van der Waals surface area contributed by atoms with Crippen molar-refractivity contribution in [2.75, 3.05) is 26.2 Å². The highest BCUT2D eigenvalue weighted by molar-refractivity contribution is 5.95. The molecule has 1 rings (SSSR count). The Hall–Kier alpha value is -2.12. The Bertz CT molecular complexity index is 520. The number of aliphatic hydroxyl groups is 1. The van der Waals surface area contributed by atoms with E-state index < -0.39 is 12.0 Å². The molecule has 2 amide bonds. The fourth-order valence-electron chi connectivity index (χ4n) is 1.79. The summed E-state index contributed by atoms with van der Waals surface area (Å²) >= 11 is 0. The predicted molar refractivity (Wildman–Crippen MR) is 87.2 cm³/mol. The van der Waals surface area contributed by atoms with E-state index in [1.165, 1.54) is 0 Å². The molecule has 1 unspecified atom stereocenters. The highest BCUT2D eigenvalue weighted by Crippen LogP contribution is 2.17. The van der Waals surface area contributed by atoms with Crippen LogP contribution in [0, 0.1) is 5.92 Å². The van der Waals surface area contributed by atoms with Crippen molar-refractivity contribution in [2.24, 2.45) is 11.7 Å². The van der Waals surface area contributed by atoms with Crippen LogP contribution in [0.15, 0.2) is 24.3 Å². The summed E-state index contributed by atoms with van der Waals surface area (Å²) in [6, 6.07) is 6.61. The van der Waals surface area contributed by atoms with Crippen LogP contribution in [0.1, 0.15) is 24.2 Å². The van der Waals surface area contributed by atoms with Gasteiger partial charge in [-0.05, 0) is 12.1 Å². The van der Waals surface area contributed by atoms with Gasteiger partial charge in [0.05, 0.1) is 5.56 Å². The molecule has 0 spiro atoms. The predicted octanol–water partition coefficient (Wildman–Crippen LogP) is -0.113. The molecule has 0 saturated heterocycles. The molecule has 7 heteroatoms. The third-order valence-corrected chi connectivity index (χ3v) is 3.09. The number of carbonyl (C=O) groups is 2. The molecule has 0 aromatic heterocycles. The zero-order valence-electron chi connectivity index (χ0n) is 13.5. The average molecular weight is 323 g/mol. The monoisotopic (exact) mass is 323 g/mol. The molecule has 5 N–H and O–H groups in total. The van der Waals surface area contributed by atoms with E-state index in [9.17, 15) is 14.7 Å². The number of aliphatic hydroxyl groups excluding tert-OH is 1. The maximum Gasteiger partial charge on any atom is 0.252 e. The molecule has 7 nitrogen and oxygen atoms in total. The lowest BCUT2D eigenvalue weighted by Gasteiger charge is -2.15. The minimum atomic E-state index is -0.739. The highest BCUT2D eigenvalue weighted by Gasteiger charge is 2.11. The Labute approximate surface area is 136 Å². The molecule has 0 heterocycles. The summed E-state index contributed by atoms with van der Waals surface area (Å²) < 4.78 is 5.43. The van der Waals surface area contributed by atoms with Crippen molar-refractivity contribution >= 4 is 11.8 Å². The molecule has 0 fully saturated rings. The van der Waals surface area contributed by atoms with Crippen molar-refractivity contribution in [1.29, 1.82) is 0 Å². The highest BCUT2D eigenvalue weighted by atomic mass is 16.5. The van der Waals surface area contributed by atoms with Crippen molar-refractivity contribution in [3.05, 3.63) is 29.8 Å². The molecule has 0 radical (unpaired) electrons. The molecule has 0 aliphatic heterocycles. The van der Waals surface area contributed by atoms with Gasteiger partial charge in [0.1, 0.15) is 18.5 Å². The van der Waals surface area contributed by atoms with E-state index in [4.69, 9.17) is 10.5 Å². The van der Waals surface area contributed by atoms with E-state index in [1.807, 2.05) is 13.8 Å². The number of para-hydroxylation sites is 1. The number of primary amides is 1. The van der Waals surface area contributed by atoms with Crippen molar-refractivity contribution in [3.8, 4) is 5.75 Å². The normalized spacial score (nSPS) is 12.0. The Morgan fingerprint density at radius 3 is 2.61 bits per heavy atom. The van der Waals surface area contributed by atoms with Crippen LogP contribution in [0.25, 0.3) is 0 Å². The van der Waals surface area contributed by atoms with Gasteiger partial charge in [-0.25, -0.2) is 0 Å². The van der Waals surface area contributed by atoms with E-state index in [-0.39, 0.29) is 24.0 Å². The van der Waals surface area contributed by atoms with Crippen LogP contribution >= 0.6 is 0 Å². The quantitative estimate of drug-likeness (QED) is 0.449. The number of amides is 2. The standard InChI is InChI=1S/C16H25N3O4/c1-11(2)16(22)19-8-7-18-9-12(20)10-23-14-6-4-3-5-13(14)15(17)21/h3-6,11-12,18,20H,7-10H2,1-2H3,(H2,17,21)(H,19,22). The van der Waals surface area contributed by atoms with Gasteiger partial charge < -0.3 is 26.2 Å². The maximum atomic E-state index is 11.3. The molecular weight excluding hydrogens is 298 g/mol. The molecule has 128 valence electrons. The maximum absolute atomic E-state index is 11.3. The first-order chi connectivity index (χ1) is 10.9. The van der Waals surface area contributed by atoms with Crippen LogP contribution in [-0.4, -0.2) is 49.3 Å². The largest absolute Gasteiger partial charge is 0.490 e. The summed E-state index contributed by atoms with van der Waals surface area (Å²) in [5, 5.41) is 15.6. The Kier molecular flexibility index (Phi) is 8.07. The van der Waals surface area contributed by atoms with Crippen LogP contribution in [0.2, 0.25) is 0 Å². The fourth-order valence-corrected chi connectivity index (χ4v) is 1.79. The second-order valence-electron chi connectivity index (χ2n) is 5.48. The van der Waals surface area contributed by atoms with E-state index in [2.05, 4.69) is 10.6 Å². The molecule has 0 bridgehead atoms. The summed E-state index contributed by atoms with van der Waals surface area (Å²) in [5.41, 5.74) is 5.53. The lowest BCUT2D eigenvalue weighted by Crippen LogP contribution is -2.38. The Morgan fingerprint density at radius 2 is 1.96 bits per heavy atom. The summed E-state index contributed by atoms with van der Waals surface area (Å²) in [6.45, 7) is 5.05. The number of nitrogens with one attached hydrogen (secondary N) is 2. The first-order valence-electron chi connectivity index (χ1n) is 7.60. The van der Waals surface area contributed by atoms with Gasteiger partial charge in [0, 0.05) is 25.6 Å². The SMILES string of the molecule is CC(C)C(=O)NCCNCC(O)COc1ccccc1C(N)=O. The van der Waals surface area contributed by atoms with Crippen LogP contribution in [0.3, 0.4) is 0 Å². The van der Waals surface area contributed by atoms with E-state index >= 15 is 0 Å². The summed E-state index contributed by atoms with van der Waals surface area (Å²) in [6.07, 6.45) is -0.739. The molecule has 1 aromatic carbocycles. The van der Waals surface area contributed by atoms with Gasteiger partial charge in [0.25, 0.3) is 5.91 Å². The summed E-state index contributed by atoms with van der Waals surface area (Å²) in [5.74, 6) is -0.268. The van der Waals surface area contributed by atoms with E-state index in [0.29, 0.717) is 25.4 Å². The zero-order chi connectivity index (χ0) is 17.2. The van der Waals surface area contributed by atoms with Crippen LogP contribution in [0.5, 0.6) is 5.75 Å². The molecule has 0 saturated carbocycles. The van der Waals surface area contributed by atoms with Crippen molar-refractivity contribution in [2.45, 2.75) is 20.0 Å². The van der Waals surface area contributed by atoms with Gasteiger partial charge in [-0.15, -0.1) is 0 Å². The molecular formula is C16H25N3O4. The molecule has 0 aliphatic carbocycles. The molecule has 0 aliphatic rings. The number of carbonyl (C=O) groups excluding carboxylic acids is 2. The Morgan fingerprint density at radius 1 is 1.26 bits per heavy atom. The number of hydrogen-bond donors (Lipinski definition) is 4. The lowest BCUT2D eigenvalue weighted by molar-refractivity contribution is -0.123. The minimum absolute atomic E-state index is 0.00117. The number of rotatable bonds is 10. The zero-order valence-corrected chi connectivity index (χ0v) is 13.5. The van der Waals surface area contributed by atoms with Gasteiger partial charge in [-0.3, -0.25) is 9.59 Å². The van der Waals surface area contributed by atoms with Crippen molar-refractivity contribution < 1.29 is 19.4 Å². The summed E-state index contributed by atoms with van der Waals surface area (Å²) in [7, 11) is 0. The van der Waals surface area contributed by atoms with Gasteiger partial charge in [-0.2, -0.15) is 0 Å². The average Bonchev–Trinajstić information content (AvgIpc) is 2.52. The smallest absolute Gasteiger partial charge is 0.252 e. The topological polar surface area (TPSA) is 114 Å². The van der Waals surface area contributed by atoms with Gasteiger partial charge in [0.2, 0.25) is 5.91 Å². The molecule has 23 heavy (non-hydrogen) atoms. The van der Waals surface area contributed by atoms with Crippen LogP contribution < -0.4 is 21.1 Å². The lowest BCUT2D eigenvalue weighted by atomic mass is 10.2. The number of benzene rings is 1. The van der Waals surface area contributed by atoms with Crippen LogP contribution in [0.4, 0.5) is 0 Å².